The smallest absolute Gasteiger partial charge is 0.105 e. The van der Waals surface area contributed by atoms with Crippen LogP contribution in [0.15, 0.2) is 18.6 Å². The molecule has 0 radical (unpaired) electrons. The van der Waals surface area contributed by atoms with Crippen LogP contribution in [0.2, 0.25) is 0 Å². The number of nitrogens with two attached hydrogens (primary N) is 1. The van der Waals surface area contributed by atoms with E-state index in [9.17, 15) is 0 Å². The van der Waals surface area contributed by atoms with Crippen LogP contribution >= 0.6 is 0 Å². The zero-order valence-corrected chi connectivity index (χ0v) is 9.72. The molecule has 0 saturated heterocycles. The van der Waals surface area contributed by atoms with Gasteiger partial charge in [0.05, 0.1) is 11.9 Å². The van der Waals surface area contributed by atoms with Crippen LogP contribution in [0.3, 0.4) is 0 Å². The van der Waals surface area contributed by atoms with Crippen molar-refractivity contribution in [2.24, 2.45) is 12.8 Å². The molecule has 5 nitrogen and oxygen atoms in total. The van der Waals surface area contributed by atoms with E-state index in [1.165, 1.54) is 5.56 Å². The van der Waals surface area contributed by atoms with Crippen LogP contribution in [0, 0.1) is 6.92 Å². The van der Waals surface area contributed by atoms with Gasteiger partial charge in [-0.25, -0.2) is 4.98 Å². The highest BCUT2D eigenvalue weighted by Crippen LogP contribution is 2.07. The molecule has 0 aliphatic carbocycles. The second kappa shape index (κ2) is 4.49. The molecular weight excluding hydrogens is 202 g/mol. The van der Waals surface area contributed by atoms with Crippen molar-refractivity contribution >= 4 is 0 Å². The van der Waals surface area contributed by atoms with Gasteiger partial charge in [-0.2, -0.15) is 5.10 Å². The lowest BCUT2D eigenvalue weighted by Crippen LogP contribution is -2.10. The molecular formula is C11H17N5. The lowest BCUT2D eigenvalue weighted by atomic mass is 10.2. The molecule has 0 unspecified atom stereocenters. The maximum atomic E-state index is 5.66. The molecule has 2 heterocycles. The fourth-order valence-corrected chi connectivity index (χ4v) is 1.83. The molecule has 0 aliphatic rings. The Kier molecular flexibility index (Phi) is 3.05. The van der Waals surface area contributed by atoms with Crippen LogP contribution < -0.4 is 5.73 Å². The quantitative estimate of drug-likeness (QED) is 0.820. The number of hydrogen-bond donors (Lipinski definition) is 1. The first-order valence-corrected chi connectivity index (χ1v) is 5.39. The molecule has 0 bridgehead atoms. The molecule has 0 atom stereocenters. The zero-order chi connectivity index (χ0) is 11.5. The summed E-state index contributed by atoms with van der Waals surface area (Å²) in [6.07, 6.45) is 6.74. The van der Waals surface area contributed by atoms with Crippen molar-refractivity contribution in [3.05, 3.63) is 35.7 Å². The Hall–Kier alpha value is -1.62. The van der Waals surface area contributed by atoms with Crippen molar-refractivity contribution in [3.8, 4) is 0 Å². The minimum absolute atomic E-state index is 0.536. The van der Waals surface area contributed by atoms with Crippen molar-refractivity contribution in [1.29, 1.82) is 0 Å². The fourth-order valence-electron chi connectivity index (χ4n) is 1.83. The standard InChI is InChI=1S/C11H17N5/c1-9-13-7-11(5-12)16(9)4-3-10-6-14-15(2)8-10/h6-8H,3-5,12H2,1-2H3. The summed E-state index contributed by atoms with van der Waals surface area (Å²) < 4.78 is 3.98. The Morgan fingerprint density at radius 1 is 1.38 bits per heavy atom. The van der Waals surface area contributed by atoms with Crippen LogP contribution in [0.25, 0.3) is 0 Å². The number of aryl methyl sites for hydroxylation is 3. The van der Waals surface area contributed by atoms with Gasteiger partial charge in [-0.15, -0.1) is 0 Å². The Balaban J connectivity index is 2.06. The minimum atomic E-state index is 0.536. The van der Waals surface area contributed by atoms with Gasteiger partial charge in [0.1, 0.15) is 5.82 Å². The first kappa shape index (κ1) is 10.9. The van der Waals surface area contributed by atoms with Gasteiger partial charge >= 0.3 is 0 Å². The number of imidazole rings is 1. The maximum Gasteiger partial charge on any atom is 0.105 e. The third-order valence-electron chi connectivity index (χ3n) is 2.73. The molecule has 0 fully saturated rings. The zero-order valence-electron chi connectivity index (χ0n) is 9.72. The van der Waals surface area contributed by atoms with E-state index in [0.717, 1.165) is 24.5 Å². The topological polar surface area (TPSA) is 61.7 Å². The molecule has 2 aromatic heterocycles. The molecule has 86 valence electrons. The van der Waals surface area contributed by atoms with E-state index in [-0.39, 0.29) is 0 Å². The first-order valence-electron chi connectivity index (χ1n) is 5.39. The molecule has 2 rings (SSSR count). The lowest BCUT2D eigenvalue weighted by Gasteiger charge is -2.07. The summed E-state index contributed by atoms with van der Waals surface area (Å²) >= 11 is 0. The maximum absolute atomic E-state index is 5.66. The molecule has 2 N–H and O–H groups in total. The highest BCUT2D eigenvalue weighted by molar-refractivity contribution is 5.07. The van der Waals surface area contributed by atoms with E-state index < -0.39 is 0 Å². The number of aromatic nitrogens is 4. The van der Waals surface area contributed by atoms with Gasteiger partial charge in [-0.3, -0.25) is 4.68 Å². The van der Waals surface area contributed by atoms with Gasteiger partial charge in [0.25, 0.3) is 0 Å². The molecule has 0 aliphatic heterocycles. The normalized spacial score (nSPS) is 10.9. The highest BCUT2D eigenvalue weighted by atomic mass is 15.2. The van der Waals surface area contributed by atoms with E-state index in [0.29, 0.717) is 6.54 Å². The van der Waals surface area contributed by atoms with Crippen LogP contribution in [0.4, 0.5) is 0 Å². The summed E-state index contributed by atoms with van der Waals surface area (Å²) in [6, 6.07) is 0. The van der Waals surface area contributed by atoms with Gasteiger partial charge in [0.2, 0.25) is 0 Å². The molecule has 0 amide bonds. The van der Waals surface area contributed by atoms with E-state index in [2.05, 4.69) is 14.6 Å². The summed E-state index contributed by atoms with van der Waals surface area (Å²) in [5.41, 5.74) is 7.98. The second-order valence-corrected chi connectivity index (χ2v) is 3.92. The Labute approximate surface area is 94.9 Å². The van der Waals surface area contributed by atoms with Crippen LogP contribution in [-0.4, -0.2) is 19.3 Å². The second-order valence-electron chi connectivity index (χ2n) is 3.92. The van der Waals surface area contributed by atoms with Gasteiger partial charge in [0, 0.05) is 32.5 Å². The first-order chi connectivity index (χ1) is 7.70. The van der Waals surface area contributed by atoms with E-state index >= 15 is 0 Å². The Bertz CT molecular complexity index is 468. The van der Waals surface area contributed by atoms with Crippen LogP contribution in [0.5, 0.6) is 0 Å². The Morgan fingerprint density at radius 3 is 2.81 bits per heavy atom. The Morgan fingerprint density at radius 2 is 2.19 bits per heavy atom. The summed E-state index contributed by atoms with van der Waals surface area (Å²) in [7, 11) is 1.93. The number of hydrogen-bond acceptors (Lipinski definition) is 3. The van der Waals surface area contributed by atoms with E-state index in [1.807, 2.05) is 37.2 Å². The average molecular weight is 219 g/mol. The molecule has 16 heavy (non-hydrogen) atoms. The third kappa shape index (κ3) is 2.14. The molecule has 0 aromatic carbocycles. The summed E-state index contributed by atoms with van der Waals surface area (Å²) in [5, 5.41) is 4.15. The van der Waals surface area contributed by atoms with Gasteiger partial charge in [-0.1, -0.05) is 0 Å². The fraction of sp³-hybridized carbons (Fsp3) is 0.455. The predicted octanol–water partition coefficient (Wildman–Crippen LogP) is 0.626. The van der Waals surface area contributed by atoms with Gasteiger partial charge < -0.3 is 10.3 Å². The molecule has 5 heteroatoms. The monoisotopic (exact) mass is 219 g/mol. The van der Waals surface area contributed by atoms with Crippen LogP contribution in [-0.2, 0) is 26.6 Å². The average Bonchev–Trinajstić information content (AvgIpc) is 2.82. The van der Waals surface area contributed by atoms with Crippen molar-refractivity contribution < 1.29 is 0 Å². The van der Waals surface area contributed by atoms with Crippen molar-refractivity contribution in [2.75, 3.05) is 0 Å². The molecule has 0 saturated carbocycles. The van der Waals surface area contributed by atoms with Crippen molar-refractivity contribution in [3.63, 3.8) is 0 Å². The number of nitrogens with zero attached hydrogens (tertiary/aromatic N) is 4. The molecule has 2 aromatic rings. The molecule has 0 spiro atoms. The van der Waals surface area contributed by atoms with E-state index in [1.54, 1.807) is 0 Å². The highest BCUT2D eigenvalue weighted by Gasteiger charge is 2.05. The van der Waals surface area contributed by atoms with Crippen molar-refractivity contribution in [2.45, 2.75) is 26.4 Å². The lowest BCUT2D eigenvalue weighted by molar-refractivity contribution is 0.640. The summed E-state index contributed by atoms with van der Waals surface area (Å²) in [4.78, 5) is 4.27. The van der Waals surface area contributed by atoms with Crippen molar-refractivity contribution in [1.82, 2.24) is 19.3 Å². The van der Waals surface area contributed by atoms with Gasteiger partial charge in [-0.05, 0) is 18.9 Å². The third-order valence-corrected chi connectivity index (χ3v) is 2.73. The number of rotatable bonds is 4. The largest absolute Gasteiger partial charge is 0.331 e. The summed E-state index contributed by atoms with van der Waals surface area (Å²) in [6.45, 7) is 3.44. The SMILES string of the molecule is Cc1ncc(CN)n1CCc1cnn(C)c1. The minimum Gasteiger partial charge on any atom is -0.331 e. The van der Waals surface area contributed by atoms with Gasteiger partial charge in [0.15, 0.2) is 0 Å². The van der Waals surface area contributed by atoms with Crippen LogP contribution in [0.1, 0.15) is 17.1 Å². The summed E-state index contributed by atoms with van der Waals surface area (Å²) in [5.74, 6) is 1.02. The predicted molar refractivity (Wildman–Crippen MR) is 61.8 cm³/mol. The van der Waals surface area contributed by atoms with E-state index in [4.69, 9.17) is 5.73 Å².